The highest BCUT2D eigenvalue weighted by Gasteiger charge is 2.39. The minimum atomic E-state index is -1.22. The summed E-state index contributed by atoms with van der Waals surface area (Å²) in [5, 5.41) is 12.0. The van der Waals surface area contributed by atoms with Gasteiger partial charge in [0.05, 0.1) is 23.4 Å². The third-order valence-corrected chi connectivity index (χ3v) is 5.92. The van der Waals surface area contributed by atoms with E-state index < -0.39 is 11.4 Å². The molecule has 1 aromatic carbocycles. The zero-order chi connectivity index (χ0) is 20.7. The van der Waals surface area contributed by atoms with Crippen molar-refractivity contribution in [3.63, 3.8) is 0 Å². The molecular formula is C21H23ClN2O5. The zero-order valence-corrected chi connectivity index (χ0v) is 17.1. The van der Waals surface area contributed by atoms with E-state index in [1.165, 1.54) is 12.3 Å². The van der Waals surface area contributed by atoms with Crippen LogP contribution in [0.25, 0.3) is 11.3 Å². The summed E-state index contributed by atoms with van der Waals surface area (Å²) in [4.78, 5) is 23.9. The van der Waals surface area contributed by atoms with Gasteiger partial charge in [-0.15, -0.1) is 0 Å². The van der Waals surface area contributed by atoms with Crippen molar-refractivity contribution in [2.45, 2.75) is 38.3 Å². The molecule has 1 aromatic heterocycles. The van der Waals surface area contributed by atoms with E-state index in [9.17, 15) is 14.7 Å². The van der Waals surface area contributed by atoms with Crippen molar-refractivity contribution in [2.24, 2.45) is 0 Å². The molecule has 1 N–H and O–H groups in total. The summed E-state index contributed by atoms with van der Waals surface area (Å²) in [5.41, 5.74) is 1.77. The second-order valence-electron chi connectivity index (χ2n) is 7.47. The van der Waals surface area contributed by atoms with Crippen LogP contribution in [0.4, 0.5) is 0 Å². The lowest BCUT2D eigenvalue weighted by atomic mass is 9.94. The summed E-state index contributed by atoms with van der Waals surface area (Å²) in [6.45, 7) is 3.21. The van der Waals surface area contributed by atoms with E-state index in [1.807, 2.05) is 16.8 Å². The maximum absolute atomic E-state index is 12.4. The second kappa shape index (κ2) is 7.72. The van der Waals surface area contributed by atoms with Gasteiger partial charge in [0, 0.05) is 44.0 Å². The Balaban J connectivity index is 1.83. The maximum Gasteiger partial charge on any atom is 0.341 e. The first-order chi connectivity index (χ1) is 13.9. The number of carboxylic acid groups (broad SMARTS) is 1. The number of nitrogens with zero attached hydrogens (tertiary/aromatic N) is 2. The topological polar surface area (TPSA) is 81.0 Å². The highest BCUT2D eigenvalue weighted by atomic mass is 35.5. The highest BCUT2D eigenvalue weighted by molar-refractivity contribution is 6.32. The van der Waals surface area contributed by atoms with Crippen LogP contribution in [0.15, 0.2) is 29.2 Å². The molecule has 2 atom stereocenters. The zero-order valence-electron chi connectivity index (χ0n) is 16.4. The first-order valence-electron chi connectivity index (χ1n) is 9.66. The second-order valence-corrected chi connectivity index (χ2v) is 7.88. The maximum atomic E-state index is 12.4. The number of halogens is 1. The molecule has 29 heavy (non-hydrogen) atoms. The molecule has 7 nitrogen and oxygen atoms in total. The number of aromatic carboxylic acids is 1. The van der Waals surface area contributed by atoms with E-state index in [2.05, 4.69) is 11.9 Å². The summed E-state index contributed by atoms with van der Waals surface area (Å²) in [7, 11) is 1.65. The summed E-state index contributed by atoms with van der Waals surface area (Å²) in [6.07, 6.45) is 4.07. The number of fused-ring (bicyclic) bond motifs is 6. The van der Waals surface area contributed by atoms with Crippen molar-refractivity contribution in [2.75, 3.05) is 25.3 Å². The predicted octanol–water partition coefficient (Wildman–Crippen LogP) is 3.46. The van der Waals surface area contributed by atoms with Gasteiger partial charge in [-0.1, -0.05) is 11.6 Å². The van der Waals surface area contributed by atoms with Gasteiger partial charge in [-0.3, -0.25) is 9.47 Å². The smallest absolute Gasteiger partial charge is 0.341 e. The molecule has 0 saturated carbocycles. The number of carbonyl (C=O) groups is 1. The van der Waals surface area contributed by atoms with Crippen molar-refractivity contribution < 1.29 is 19.4 Å². The Bertz CT molecular complexity index is 1020. The third kappa shape index (κ3) is 3.38. The van der Waals surface area contributed by atoms with Crippen LogP contribution in [-0.4, -0.2) is 42.1 Å². The molecule has 8 heteroatoms. The molecule has 2 aromatic rings. The van der Waals surface area contributed by atoms with Crippen molar-refractivity contribution >= 4 is 17.6 Å². The molecule has 1 fully saturated rings. The lowest BCUT2D eigenvalue weighted by Crippen LogP contribution is -2.43. The van der Waals surface area contributed by atoms with E-state index in [0.717, 1.165) is 30.4 Å². The van der Waals surface area contributed by atoms with Crippen molar-refractivity contribution in [1.82, 2.24) is 4.68 Å². The van der Waals surface area contributed by atoms with Gasteiger partial charge >= 0.3 is 5.97 Å². The first kappa shape index (κ1) is 19.8. The fourth-order valence-electron chi connectivity index (χ4n) is 4.27. The van der Waals surface area contributed by atoms with Gasteiger partial charge in [0.25, 0.3) is 0 Å². The van der Waals surface area contributed by atoms with Crippen LogP contribution >= 0.6 is 11.6 Å². The van der Waals surface area contributed by atoms with Crippen LogP contribution in [0.2, 0.25) is 5.02 Å². The first-order valence-corrected chi connectivity index (χ1v) is 10.0. The fourth-order valence-corrected chi connectivity index (χ4v) is 4.49. The molecule has 4 rings (SSSR count). The monoisotopic (exact) mass is 418 g/mol. The van der Waals surface area contributed by atoms with E-state index in [-0.39, 0.29) is 17.6 Å². The minimum Gasteiger partial charge on any atom is -0.492 e. The number of rotatable bonds is 6. The van der Waals surface area contributed by atoms with Crippen molar-refractivity contribution in [3.8, 4) is 17.0 Å². The van der Waals surface area contributed by atoms with E-state index in [1.54, 1.807) is 7.11 Å². The largest absolute Gasteiger partial charge is 0.492 e. The number of pyridine rings is 1. The number of hydrogen-bond donors (Lipinski definition) is 1. The standard InChI is InChI=1S/C21H23ClN2O5/c1-12-4-5-17-14-9-20(29-7-3-6-28-2)16(22)8-13(14)18-10-19(25)15(21(26)27)11-23(18)24(12)17/h8-12,17H,3-7H2,1-2H3,(H,26,27)/t12-,17-/m1/s1. The highest BCUT2D eigenvalue weighted by Crippen LogP contribution is 2.46. The average Bonchev–Trinajstić information content (AvgIpc) is 3.07. The number of benzene rings is 1. The van der Waals surface area contributed by atoms with Crippen LogP contribution in [0.3, 0.4) is 0 Å². The Morgan fingerprint density at radius 3 is 2.79 bits per heavy atom. The fraction of sp³-hybridized carbons (Fsp3) is 0.429. The Hall–Kier alpha value is -2.51. The normalized spacial score (nSPS) is 19.5. The van der Waals surface area contributed by atoms with E-state index in [4.69, 9.17) is 21.1 Å². The number of aromatic nitrogens is 1. The van der Waals surface area contributed by atoms with Gasteiger partial charge in [-0.2, -0.15) is 0 Å². The van der Waals surface area contributed by atoms with Crippen molar-refractivity contribution in [3.05, 3.63) is 50.8 Å². The van der Waals surface area contributed by atoms with Gasteiger partial charge in [-0.25, -0.2) is 4.79 Å². The molecule has 0 spiro atoms. The molecule has 2 aliphatic heterocycles. The third-order valence-electron chi connectivity index (χ3n) is 5.63. The van der Waals surface area contributed by atoms with Gasteiger partial charge < -0.3 is 19.6 Å². The number of ether oxygens (including phenoxy) is 2. The SMILES string of the molecule is COCCCOc1cc2c(cc1Cl)-c1cc(=O)c(C(=O)O)cn1N1[C@H](C)CC[C@H]21. The molecule has 0 unspecified atom stereocenters. The van der Waals surface area contributed by atoms with Gasteiger partial charge in [-0.05, 0) is 37.5 Å². The Morgan fingerprint density at radius 1 is 1.28 bits per heavy atom. The molecule has 0 aliphatic carbocycles. The Labute approximate surface area is 173 Å². The summed E-state index contributed by atoms with van der Waals surface area (Å²) < 4.78 is 12.7. The molecule has 154 valence electrons. The van der Waals surface area contributed by atoms with Crippen LogP contribution in [0.5, 0.6) is 5.75 Å². The number of carboxylic acids is 1. The average molecular weight is 419 g/mol. The molecule has 0 radical (unpaired) electrons. The van der Waals surface area contributed by atoms with Gasteiger partial charge in [0.15, 0.2) is 5.43 Å². The lowest BCUT2D eigenvalue weighted by molar-refractivity contribution is 0.0694. The summed E-state index contributed by atoms with van der Waals surface area (Å²) in [5.74, 6) is -0.615. The molecule has 2 aliphatic rings. The van der Waals surface area contributed by atoms with Crippen molar-refractivity contribution in [1.29, 1.82) is 0 Å². The molecule has 1 saturated heterocycles. The predicted molar refractivity (Wildman–Crippen MR) is 110 cm³/mol. The molecule has 0 amide bonds. The number of methoxy groups -OCH3 is 1. The summed E-state index contributed by atoms with van der Waals surface area (Å²) >= 11 is 6.48. The molecule has 3 heterocycles. The van der Waals surface area contributed by atoms with Crippen LogP contribution in [0, 0.1) is 0 Å². The summed E-state index contributed by atoms with van der Waals surface area (Å²) in [6, 6.07) is 5.43. The number of hydrogen-bond acceptors (Lipinski definition) is 5. The van der Waals surface area contributed by atoms with Crippen LogP contribution < -0.4 is 15.2 Å². The van der Waals surface area contributed by atoms with Crippen LogP contribution in [-0.2, 0) is 4.74 Å². The molecule has 0 bridgehead atoms. The van der Waals surface area contributed by atoms with E-state index >= 15 is 0 Å². The van der Waals surface area contributed by atoms with Gasteiger partial charge in [0.2, 0.25) is 0 Å². The Kier molecular flexibility index (Phi) is 5.27. The quantitative estimate of drug-likeness (QED) is 0.723. The van der Waals surface area contributed by atoms with Crippen LogP contribution in [0.1, 0.15) is 48.1 Å². The minimum absolute atomic E-state index is 0.0650. The van der Waals surface area contributed by atoms with E-state index in [0.29, 0.717) is 29.7 Å². The van der Waals surface area contributed by atoms with Gasteiger partial charge in [0.1, 0.15) is 11.3 Å². The molecular weight excluding hydrogens is 396 g/mol. The Morgan fingerprint density at radius 2 is 2.07 bits per heavy atom. The lowest BCUT2D eigenvalue weighted by Gasteiger charge is -2.40.